The highest BCUT2D eigenvalue weighted by atomic mass is 16.5. The Hall–Kier alpha value is -3.39. The fourth-order valence-corrected chi connectivity index (χ4v) is 3.83. The smallest absolute Gasteiger partial charge is 0.356 e. The first kappa shape index (κ1) is 24.3. The number of aromatic nitrogens is 2. The molecule has 2 N–H and O–H groups in total. The maximum atomic E-state index is 12.9. The molecule has 8 heteroatoms. The van der Waals surface area contributed by atoms with Crippen molar-refractivity contribution in [1.29, 1.82) is 0 Å². The lowest BCUT2D eigenvalue weighted by Gasteiger charge is -2.16. The van der Waals surface area contributed by atoms with Crippen LogP contribution in [0.1, 0.15) is 42.7 Å². The zero-order valence-electron chi connectivity index (χ0n) is 19.7. The molecule has 0 atom stereocenters. The lowest BCUT2D eigenvalue weighted by Crippen LogP contribution is -2.19. The van der Waals surface area contributed by atoms with E-state index in [9.17, 15) is 9.59 Å². The lowest BCUT2D eigenvalue weighted by molar-refractivity contribution is -0.115. The number of methoxy groups -OCH3 is 2. The van der Waals surface area contributed by atoms with Crippen LogP contribution in [0.3, 0.4) is 0 Å². The molecule has 0 fully saturated rings. The third-order valence-electron chi connectivity index (χ3n) is 5.62. The molecular weight excluding hydrogens is 420 g/mol. The molecule has 8 nitrogen and oxygen atoms in total. The van der Waals surface area contributed by atoms with Crippen molar-refractivity contribution in [2.45, 2.75) is 45.7 Å². The molecule has 0 unspecified atom stereocenters. The van der Waals surface area contributed by atoms with Crippen LogP contribution in [0.15, 0.2) is 42.6 Å². The number of hydrogen-bond acceptors (Lipinski definition) is 6. The van der Waals surface area contributed by atoms with Gasteiger partial charge in [0, 0.05) is 25.1 Å². The Morgan fingerprint density at radius 2 is 1.85 bits per heavy atom. The minimum absolute atomic E-state index is 0.186. The molecule has 3 aromatic rings. The first-order valence-corrected chi connectivity index (χ1v) is 11.2. The zero-order valence-corrected chi connectivity index (χ0v) is 19.7. The topological polar surface area (TPSA) is 94.5 Å². The summed E-state index contributed by atoms with van der Waals surface area (Å²) in [5, 5.41) is 7.10. The van der Waals surface area contributed by atoms with Gasteiger partial charge in [0.1, 0.15) is 5.65 Å². The molecule has 0 aliphatic rings. The average molecular weight is 453 g/mol. The number of carbonyl (C=O) groups excluding carboxylic acids is 2. The van der Waals surface area contributed by atoms with E-state index in [1.165, 1.54) is 7.11 Å². The summed E-state index contributed by atoms with van der Waals surface area (Å²) >= 11 is 0. The number of fused-ring (bicyclic) bond motifs is 1. The second-order valence-corrected chi connectivity index (χ2v) is 7.82. The number of ether oxygens (including phenoxy) is 2. The predicted molar refractivity (Wildman–Crippen MR) is 130 cm³/mol. The van der Waals surface area contributed by atoms with Crippen molar-refractivity contribution in [3.8, 4) is 0 Å². The largest absolute Gasteiger partial charge is 0.464 e. The van der Waals surface area contributed by atoms with Crippen LogP contribution in [0.4, 0.5) is 11.4 Å². The van der Waals surface area contributed by atoms with E-state index < -0.39 is 5.97 Å². The van der Waals surface area contributed by atoms with Gasteiger partial charge in [0.15, 0.2) is 5.69 Å². The van der Waals surface area contributed by atoms with Crippen molar-refractivity contribution in [3.05, 3.63) is 53.9 Å². The second kappa shape index (κ2) is 11.5. The van der Waals surface area contributed by atoms with Gasteiger partial charge in [-0.3, -0.25) is 4.79 Å². The van der Waals surface area contributed by atoms with Gasteiger partial charge in [-0.15, -0.1) is 0 Å². The number of nitrogens with one attached hydrogen (secondary N) is 2. The molecule has 0 spiro atoms. The van der Waals surface area contributed by atoms with E-state index in [-0.39, 0.29) is 18.0 Å². The summed E-state index contributed by atoms with van der Waals surface area (Å²) in [6.07, 6.45) is 3.88. The number of nitrogens with zero attached hydrogens (tertiary/aromatic N) is 2. The molecule has 0 saturated heterocycles. The van der Waals surface area contributed by atoms with E-state index in [1.54, 1.807) is 17.9 Å². The highest BCUT2D eigenvalue weighted by Gasteiger charge is 2.26. The third-order valence-corrected chi connectivity index (χ3v) is 5.62. The van der Waals surface area contributed by atoms with Crippen molar-refractivity contribution in [3.63, 3.8) is 0 Å². The van der Waals surface area contributed by atoms with Crippen molar-refractivity contribution in [2.24, 2.45) is 0 Å². The zero-order chi connectivity index (χ0) is 23.8. The summed E-state index contributed by atoms with van der Waals surface area (Å²) in [6.45, 7) is 5.01. The third kappa shape index (κ3) is 5.70. The molecule has 0 aliphatic carbocycles. The van der Waals surface area contributed by atoms with Gasteiger partial charge in [-0.1, -0.05) is 44.2 Å². The summed E-state index contributed by atoms with van der Waals surface area (Å²) in [4.78, 5) is 30.4. The van der Waals surface area contributed by atoms with Crippen LogP contribution in [0.2, 0.25) is 0 Å². The summed E-state index contributed by atoms with van der Waals surface area (Å²) < 4.78 is 12.0. The van der Waals surface area contributed by atoms with Crippen LogP contribution >= 0.6 is 0 Å². The predicted octanol–water partition coefficient (Wildman–Crippen LogP) is 4.25. The molecule has 33 heavy (non-hydrogen) atoms. The molecule has 176 valence electrons. The number of pyridine rings is 1. The van der Waals surface area contributed by atoms with Crippen molar-refractivity contribution in [2.75, 3.05) is 31.5 Å². The summed E-state index contributed by atoms with van der Waals surface area (Å²) in [5.74, 6) is -0.774. The molecule has 0 aliphatic heterocycles. The number of anilines is 2. The number of hydrogen-bond donors (Lipinski definition) is 2. The van der Waals surface area contributed by atoms with E-state index in [1.807, 2.05) is 36.4 Å². The van der Waals surface area contributed by atoms with Gasteiger partial charge in [0.2, 0.25) is 5.91 Å². The molecule has 0 saturated carbocycles. The maximum absolute atomic E-state index is 12.9. The summed E-state index contributed by atoms with van der Waals surface area (Å²) in [6, 6.07) is 11.7. The average Bonchev–Trinajstić information content (AvgIpc) is 3.13. The van der Waals surface area contributed by atoms with Gasteiger partial charge in [0.25, 0.3) is 0 Å². The number of rotatable bonds is 11. The quantitative estimate of drug-likeness (QED) is 0.423. The highest BCUT2D eigenvalue weighted by molar-refractivity contribution is 6.11. The van der Waals surface area contributed by atoms with Crippen LogP contribution in [0, 0.1) is 0 Å². The van der Waals surface area contributed by atoms with Gasteiger partial charge >= 0.3 is 5.97 Å². The van der Waals surface area contributed by atoms with E-state index in [0.29, 0.717) is 35.9 Å². The fraction of sp³-hybridized carbons (Fsp3) is 0.400. The molecular formula is C25H32N4O4. The van der Waals surface area contributed by atoms with Crippen LogP contribution in [-0.4, -0.2) is 48.3 Å². The Bertz CT molecular complexity index is 1090. The van der Waals surface area contributed by atoms with E-state index in [0.717, 1.165) is 24.1 Å². The first-order chi connectivity index (χ1) is 16.0. The Morgan fingerprint density at radius 1 is 1.12 bits per heavy atom. The Labute approximate surface area is 194 Å². The van der Waals surface area contributed by atoms with Gasteiger partial charge in [-0.05, 0) is 24.5 Å². The number of benzene rings is 1. The summed E-state index contributed by atoms with van der Waals surface area (Å²) in [5.41, 5.74) is 2.94. The van der Waals surface area contributed by atoms with Gasteiger partial charge in [0.05, 0.1) is 37.7 Å². The molecule has 2 aromatic heterocycles. The Balaban J connectivity index is 2.08. The van der Waals surface area contributed by atoms with E-state index >= 15 is 0 Å². The van der Waals surface area contributed by atoms with Crippen molar-refractivity contribution < 1.29 is 19.1 Å². The fourth-order valence-electron chi connectivity index (χ4n) is 3.83. The lowest BCUT2D eigenvalue weighted by atomic mass is 10.1. The summed E-state index contributed by atoms with van der Waals surface area (Å²) in [7, 11) is 2.92. The van der Waals surface area contributed by atoms with Gasteiger partial charge in [-0.2, -0.15) is 0 Å². The molecule has 3 rings (SSSR count). The van der Waals surface area contributed by atoms with Crippen LogP contribution in [-0.2, 0) is 27.2 Å². The normalized spacial score (nSPS) is 11.1. The van der Waals surface area contributed by atoms with Gasteiger partial charge < -0.3 is 24.7 Å². The molecule has 0 bridgehead atoms. The molecule has 1 aromatic carbocycles. The standard InChI is InChI=1S/C25H32N4O4/c1-5-18(6-2)27-19-15-20-22(28-21(30)14-17-10-8-7-9-11-17)23(25(31)33-4)29(12-13-32-3)24(20)26-16-19/h7-11,15-16,18,27H,5-6,12-14H2,1-4H3,(H,28,30). The number of carbonyl (C=O) groups is 2. The monoisotopic (exact) mass is 452 g/mol. The minimum atomic E-state index is -0.548. The highest BCUT2D eigenvalue weighted by Crippen LogP contribution is 2.33. The number of amides is 1. The number of esters is 1. The minimum Gasteiger partial charge on any atom is -0.464 e. The molecule has 0 radical (unpaired) electrons. The van der Waals surface area contributed by atoms with Gasteiger partial charge in [-0.25, -0.2) is 9.78 Å². The SMILES string of the molecule is CCC(CC)Nc1cnc2c(c1)c(NC(=O)Cc1ccccc1)c(C(=O)OC)n2CCOC. The second-order valence-electron chi connectivity index (χ2n) is 7.82. The van der Waals surface area contributed by atoms with Crippen molar-refractivity contribution >= 4 is 34.3 Å². The van der Waals surface area contributed by atoms with Crippen LogP contribution in [0.5, 0.6) is 0 Å². The Kier molecular flexibility index (Phi) is 8.43. The van der Waals surface area contributed by atoms with E-state index in [4.69, 9.17) is 9.47 Å². The van der Waals surface area contributed by atoms with Crippen LogP contribution in [0.25, 0.3) is 11.0 Å². The van der Waals surface area contributed by atoms with Crippen LogP contribution < -0.4 is 10.6 Å². The first-order valence-electron chi connectivity index (χ1n) is 11.2. The van der Waals surface area contributed by atoms with Crippen molar-refractivity contribution in [1.82, 2.24) is 9.55 Å². The molecule has 2 heterocycles. The Morgan fingerprint density at radius 3 is 2.48 bits per heavy atom. The molecule has 1 amide bonds. The maximum Gasteiger partial charge on any atom is 0.356 e. The van der Waals surface area contributed by atoms with E-state index in [2.05, 4.69) is 29.5 Å².